The summed E-state index contributed by atoms with van der Waals surface area (Å²) in [5.74, 6) is 0.221. The van der Waals surface area contributed by atoms with Gasteiger partial charge in [-0.2, -0.15) is 0 Å². The summed E-state index contributed by atoms with van der Waals surface area (Å²) in [7, 11) is 0. The molecule has 1 heterocycles. The zero-order chi connectivity index (χ0) is 13.9. The Balaban J connectivity index is 1.70. The molecule has 0 bridgehead atoms. The Hall–Kier alpha value is -2.04. The molecule has 5 nitrogen and oxygen atoms in total. The van der Waals surface area contributed by atoms with Crippen molar-refractivity contribution in [1.82, 2.24) is 0 Å². The van der Waals surface area contributed by atoms with Gasteiger partial charge in [-0.1, -0.05) is 18.9 Å². The molecule has 0 radical (unpaired) electrons. The number of nitrogens with one attached hydrogen (secondary N) is 1. The molecule has 1 N–H and O–H groups in total. The fourth-order valence-corrected chi connectivity index (χ4v) is 2.81. The molecule has 20 heavy (non-hydrogen) atoms. The standard InChI is InChI=1S/C15H18N2O3/c18-14(11-4-1-2-5-11)16-12-6-3-7-13(10-12)17-8-9-20-15(17)19/h3,6-7,10-11H,1-2,4-5,8-9H2,(H,16,18). The Morgan fingerprint density at radius 2 is 2.10 bits per heavy atom. The van der Waals surface area contributed by atoms with Gasteiger partial charge in [0, 0.05) is 17.3 Å². The van der Waals surface area contributed by atoms with Crippen LogP contribution >= 0.6 is 0 Å². The molecule has 106 valence electrons. The van der Waals surface area contributed by atoms with Crippen LogP contribution in [0.3, 0.4) is 0 Å². The largest absolute Gasteiger partial charge is 0.447 e. The minimum absolute atomic E-state index is 0.0867. The van der Waals surface area contributed by atoms with Crippen molar-refractivity contribution >= 4 is 23.4 Å². The lowest BCUT2D eigenvalue weighted by atomic mass is 10.1. The second-order valence-electron chi connectivity index (χ2n) is 5.29. The number of ether oxygens (including phenoxy) is 1. The Kier molecular flexibility index (Phi) is 3.58. The van der Waals surface area contributed by atoms with Crippen molar-refractivity contribution in [2.75, 3.05) is 23.4 Å². The van der Waals surface area contributed by atoms with Crippen LogP contribution in [-0.4, -0.2) is 25.2 Å². The molecular weight excluding hydrogens is 256 g/mol. The highest BCUT2D eigenvalue weighted by atomic mass is 16.6. The molecule has 2 fully saturated rings. The molecule has 0 aromatic heterocycles. The number of nitrogens with zero attached hydrogens (tertiary/aromatic N) is 1. The van der Waals surface area contributed by atoms with Gasteiger partial charge >= 0.3 is 6.09 Å². The molecule has 1 aromatic carbocycles. The predicted octanol–water partition coefficient (Wildman–Crippen LogP) is 2.77. The maximum Gasteiger partial charge on any atom is 0.414 e. The fourth-order valence-electron chi connectivity index (χ4n) is 2.81. The molecule has 1 saturated heterocycles. The van der Waals surface area contributed by atoms with Crippen molar-refractivity contribution in [2.24, 2.45) is 5.92 Å². The van der Waals surface area contributed by atoms with Crippen molar-refractivity contribution in [3.8, 4) is 0 Å². The number of carbonyl (C=O) groups is 2. The third-order valence-corrected chi connectivity index (χ3v) is 3.91. The first-order valence-electron chi connectivity index (χ1n) is 7.09. The normalized spacial score (nSPS) is 19.2. The number of benzene rings is 1. The van der Waals surface area contributed by atoms with Crippen LogP contribution in [0.2, 0.25) is 0 Å². The van der Waals surface area contributed by atoms with Gasteiger partial charge in [-0.25, -0.2) is 4.79 Å². The Morgan fingerprint density at radius 3 is 2.80 bits per heavy atom. The van der Waals surface area contributed by atoms with Crippen LogP contribution in [0, 0.1) is 5.92 Å². The summed E-state index contributed by atoms with van der Waals surface area (Å²) >= 11 is 0. The predicted molar refractivity (Wildman–Crippen MR) is 75.7 cm³/mol. The van der Waals surface area contributed by atoms with E-state index in [0.717, 1.165) is 37.1 Å². The van der Waals surface area contributed by atoms with E-state index in [9.17, 15) is 9.59 Å². The summed E-state index contributed by atoms with van der Waals surface area (Å²) < 4.78 is 4.92. The lowest BCUT2D eigenvalue weighted by Gasteiger charge is -2.15. The molecule has 1 saturated carbocycles. The van der Waals surface area contributed by atoms with Gasteiger partial charge in [-0.15, -0.1) is 0 Å². The lowest BCUT2D eigenvalue weighted by molar-refractivity contribution is -0.119. The van der Waals surface area contributed by atoms with Gasteiger partial charge in [0.05, 0.1) is 6.54 Å². The van der Waals surface area contributed by atoms with Crippen LogP contribution < -0.4 is 10.2 Å². The first-order chi connectivity index (χ1) is 9.74. The van der Waals surface area contributed by atoms with Crippen molar-refractivity contribution < 1.29 is 14.3 Å². The van der Waals surface area contributed by atoms with Crippen LogP contribution in [0.4, 0.5) is 16.2 Å². The van der Waals surface area contributed by atoms with E-state index in [0.29, 0.717) is 13.2 Å². The quantitative estimate of drug-likeness (QED) is 0.922. The van der Waals surface area contributed by atoms with E-state index in [4.69, 9.17) is 4.74 Å². The van der Waals surface area contributed by atoms with Crippen molar-refractivity contribution in [3.63, 3.8) is 0 Å². The topological polar surface area (TPSA) is 58.6 Å². The van der Waals surface area contributed by atoms with Gasteiger partial charge in [0.2, 0.25) is 5.91 Å². The van der Waals surface area contributed by atoms with E-state index in [1.165, 1.54) is 0 Å². The Bertz CT molecular complexity index is 524. The molecular formula is C15H18N2O3. The molecule has 1 aliphatic carbocycles. The Labute approximate surface area is 117 Å². The molecule has 1 aliphatic heterocycles. The zero-order valence-corrected chi connectivity index (χ0v) is 11.3. The third-order valence-electron chi connectivity index (χ3n) is 3.91. The first-order valence-corrected chi connectivity index (χ1v) is 7.09. The molecule has 2 amide bonds. The SMILES string of the molecule is O=C(Nc1cccc(N2CCOC2=O)c1)C1CCCC1. The number of cyclic esters (lactones) is 1. The van der Waals surface area contributed by atoms with E-state index in [1.807, 2.05) is 24.3 Å². The van der Waals surface area contributed by atoms with Crippen LogP contribution in [0.15, 0.2) is 24.3 Å². The molecule has 0 unspecified atom stereocenters. The smallest absolute Gasteiger partial charge is 0.414 e. The number of carbonyl (C=O) groups excluding carboxylic acids is 2. The summed E-state index contributed by atoms with van der Waals surface area (Å²) in [6.07, 6.45) is 3.90. The van der Waals surface area contributed by atoms with Gasteiger partial charge < -0.3 is 10.1 Å². The van der Waals surface area contributed by atoms with E-state index in [-0.39, 0.29) is 17.9 Å². The van der Waals surface area contributed by atoms with Crippen LogP contribution in [0.5, 0.6) is 0 Å². The molecule has 2 aliphatic rings. The number of rotatable bonds is 3. The minimum Gasteiger partial charge on any atom is -0.447 e. The summed E-state index contributed by atoms with van der Waals surface area (Å²) in [6.45, 7) is 0.969. The molecule has 0 spiro atoms. The average molecular weight is 274 g/mol. The maximum absolute atomic E-state index is 12.1. The van der Waals surface area contributed by atoms with Crippen molar-refractivity contribution in [3.05, 3.63) is 24.3 Å². The van der Waals surface area contributed by atoms with Gasteiger partial charge in [-0.05, 0) is 31.0 Å². The van der Waals surface area contributed by atoms with E-state index < -0.39 is 0 Å². The Morgan fingerprint density at radius 1 is 1.30 bits per heavy atom. The second kappa shape index (κ2) is 5.53. The monoisotopic (exact) mass is 274 g/mol. The molecule has 3 rings (SSSR count). The molecule has 5 heteroatoms. The van der Waals surface area contributed by atoms with Crippen LogP contribution in [0.1, 0.15) is 25.7 Å². The molecule has 0 atom stereocenters. The number of amides is 2. The van der Waals surface area contributed by atoms with E-state index in [2.05, 4.69) is 5.32 Å². The van der Waals surface area contributed by atoms with Crippen molar-refractivity contribution in [2.45, 2.75) is 25.7 Å². The van der Waals surface area contributed by atoms with Crippen LogP contribution in [-0.2, 0) is 9.53 Å². The van der Waals surface area contributed by atoms with E-state index in [1.54, 1.807) is 4.90 Å². The second-order valence-corrected chi connectivity index (χ2v) is 5.29. The highest BCUT2D eigenvalue weighted by Crippen LogP contribution is 2.27. The maximum atomic E-state index is 12.1. The van der Waals surface area contributed by atoms with Gasteiger partial charge in [0.25, 0.3) is 0 Å². The summed E-state index contributed by atoms with van der Waals surface area (Å²) in [5, 5.41) is 2.94. The van der Waals surface area contributed by atoms with Gasteiger partial charge in [0.1, 0.15) is 6.61 Å². The third kappa shape index (κ3) is 2.61. The highest BCUT2D eigenvalue weighted by Gasteiger charge is 2.25. The lowest BCUT2D eigenvalue weighted by Crippen LogP contribution is -2.24. The highest BCUT2D eigenvalue weighted by molar-refractivity contribution is 5.94. The molecule has 1 aromatic rings. The van der Waals surface area contributed by atoms with Crippen molar-refractivity contribution in [1.29, 1.82) is 0 Å². The van der Waals surface area contributed by atoms with Crippen LogP contribution in [0.25, 0.3) is 0 Å². The number of hydrogen-bond acceptors (Lipinski definition) is 3. The summed E-state index contributed by atoms with van der Waals surface area (Å²) in [5.41, 5.74) is 1.50. The first kappa shape index (κ1) is 13.0. The number of anilines is 2. The minimum atomic E-state index is -0.329. The summed E-state index contributed by atoms with van der Waals surface area (Å²) in [4.78, 5) is 25.2. The number of hydrogen-bond donors (Lipinski definition) is 1. The average Bonchev–Trinajstić information content (AvgIpc) is 3.10. The van der Waals surface area contributed by atoms with Gasteiger partial charge in [0.15, 0.2) is 0 Å². The zero-order valence-electron chi connectivity index (χ0n) is 11.3. The van der Waals surface area contributed by atoms with E-state index >= 15 is 0 Å². The fraction of sp³-hybridized carbons (Fsp3) is 0.467. The summed E-state index contributed by atoms with van der Waals surface area (Å²) in [6, 6.07) is 7.35. The van der Waals surface area contributed by atoms with Gasteiger partial charge in [-0.3, -0.25) is 9.69 Å².